The van der Waals surface area contributed by atoms with Crippen LogP contribution in [-0.4, -0.2) is 27.5 Å². The number of carbonyl (C=O) groups is 1. The minimum atomic E-state index is -0.224. The summed E-state index contributed by atoms with van der Waals surface area (Å²) in [5.41, 5.74) is 2.00. The molecule has 2 heterocycles. The molecule has 0 spiro atoms. The number of hydrogen-bond acceptors (Lipinski definition) is 5. The molecule has 0 radical (unpaired) electrons. The third-order valence-corrected chi connectivity index (χ3v) is 3.95. The van der Waals surface area contributed by atoms with Crippen LogP contribution in [0.15, 0.2) is 50.0 Å². The van der Waals surface area contributed by atoms with Gasteiger partial charge in [0.15, 0.2) is 10.4 Å². The quantitative estimate of drug-likeness (QED) is 0.657. The van der Waals surface area contributed by atoms with Crippen molar-refractivity contribution in [1.82, 2.24) is 15.0 Å². The molecule has 6 nitrogen and oxygen atoms in total. The minimum absolute atomic E-state index is 0.224. The average Bonchev–Trinajstić information content (AvgIpc) is 3.21. The summed E-state index contributed by atoms with van der Waals surface area (Å²) in [6, 6.07) is 11.2. The molecule has 0 N–H and O–H groups in total. The fourth-order valence-corrected chi connectivity index (χ4v) is 2.60. The van der Waals surface area contributed by atoms with Gasteiger partial charge >= 0.3 is 0 Å². The fourth-order valence-electron chi connectivity index (χ4n) is 2.30. The highest BCUT2D eigenvalue weighted by Gasteiger charge is 2.20. The summed E-state index contributed by atoms with van der Waals surface area (Å²) in [4.78, 5) is 18.4. The average molecular weight is 390 g/mol. The number of nitrogens with zero attached hydrogens (tertiary/aromatic N) is 3. The van der Waals surface area contributed by atoms with Gasteiger partial charge < -0.3 is 13.8 Å². The molecule has 0 unspecified atom stereocenters. The molecule has 0 saturated carbocycles. The highest BCUT2D eigenvalue weighted by atomic mass is 79.9. The van der Waals surface area contributed by atoms with Gasteiger partial charge in [-0.1, -0.05) is 28.9 Å². The van der Waals surface area contributed by atoms with E-state index in [0.29, 0.717) is 22.9 Å². The van der Waals surface area contributed by atoms with Crippen LogP contribution < -0.4 is 0 Å². The van der Waals surface area contributed by atoms with Crippen LogP contribution in [0.3, 0.4) is 0 Å². The lowest BCUT2D eigenvalue weighted by Crippen LogP contribution is -2.30. The lowest BCUT2D eigenvalue weighted by atomic mass is 10.1. The van der Waals surface area contributed by atoms with Crippen LogP contribution in [0, 0.1) is 6.92 Å². The Morgan fingerprint density at radius 1 is 1.29 bits per heavy atom. The Morgan fingerprint density at radius 3 is 2.79 bits per heavy atom. The topological polar surface area (TPSA) is 72.4 Å². The number of aryl methyl sites for hydroxylation is 1. The summed E-state index contributed by atoms with van der Waals surface area (Å²) < 4.78 is 11.1. The number of furan rings is 1. The Bertz CT molecular complexity index is 856. The van der Waals surface area contributed by atoms with Gasteiger partial charge in [-0.05, 0) is 48.0 Å². The maximum atomic E-state index is 12.4. The normalized spacial score (nSPS) is 10.8. The zero-order chi connectivity index (χ0) is 17.1. The monoisotopic (exact) mass is 389 g/mol. The van der Waals surface area contributed by atoms with Crippen molar-refractivity contribution in [3.63, 3.8) is 0 Å². The molecule has 0 aliphatic heterocycles. The second-order valence-electron chi connectivity index (χ2n) is 5.30. The van der Waals surface area contributed by atoms with Crippen LogP contribution in [0.5, 0.6) is 0 Å². The standard InChI is InChI=1S/C17H16BrN3O3/c1-3-21(17(22)13-7-8-14(18)23-13)10-15-19-16(20-24-15)12-6-4-5-11(2)9-12/h4-9H,3,10H2,1-2H3. The van der Waals surface area contributed by atoms with Crippen molar-refractivity contribution in [2.45, 2.75) is 20.4 Å². The Balaban J connectivity index is 1.76. The summed E-state index contributed by atoms with van der Waals surface area (Å²) >= 11 is 3.20. The van der Waals surface area contributed by atoms with E-state index in [9.17, 15) is 4.79 Å². The molecule has 0 bridgehead atoms. The summed E-state index contributed by atoms with van der Waals surface area (Å²) in [5, 5.41) is 4.00. The Morgan fingerprint density at radius 2 is 2.12 bits per heavy atom. The van der Waals surface area contributed by atoms with Crippen molar-refractivity contribution in [2.24, 2.45) is 0 Å². The molecular weight excluding hydrogens is 374 g/mol. The van der Waals surface area contributed by atoms with Crippen molar-refractivity contribution >= 4 is 21.8 Å². The molecule has 2 aromatic heterocycles. The first-order chi connectivity index (χ1) is 11.6. The van der Waals surface area contributed by atoms with Crippen LogP contribution in [-0.2, 0) is 6.54 Å². The summed E-state index contributed by atoms with van der Waals surface area (Å²) in [7, 11) is 0. The first kappa shape index (κ1) is 16.4. The predicted molar refractivity (Wildman–Crippen MR) is 91.3 cm³/mol. The highest BCUT2D eigenvalue weighted by Crippen LogP contribution is 2.19. The number of aromatic nitrogens is 2. The molecule has 0 atom stereocenters. The van der Waals surface area contributed by atoms with E-state index in [1.54, 1.807) is 17.0 Å². The van der Waals surface area contributed by atoms with Gasteiger partial charge in [-0.2, -0.15) is 4.98 Å². The van der Waals surface area contributed by atoms with Crippen molar-refractivity contribution in [2.75, 3.05) is 6.54 Å². The summed E-state index contributed by atoms with van der Waals surface area (Å²) in [6.07, 6.45) is 0. The molecule has 0 aliphatic rings. The first-order valence-corrected chi connectivity index (χ1v) is 8.30. The molecule has 24 heavy (non-hydrogen) atoms. The Kier molecular flexibility index (Phi) is 4.80. The van der Waals surface area contributed by atoms with E-state index in [2.05, 4.69) is 26.1 Å². The number of carbonyl (C=O) groups excluding carboxylic acids is 1. The lowest BCUT2D eigenvalue weighted by Gasteiger charge is -2.16. The van der Waals surface area contributed by atoms with E-state index in [-0.39, 0.29) is 18.2 Å². The van der Waals surface area contributed by atoms with E-state index in [4.69, 9.17) is 8.94 Å². The van der Waals surface area contributed by atoms with E-state index in [0.717, 1.165) is 11.1 Å². The van der Waals surface area contributed by atoms with Crippen molar-refractivity contribution in [3.8, 4) is 11.4 Å². The smallest absolute Gasteiger partial charge is 0.290 e. The van der Waals surface area contributed by atoms with Gasteiger partial charge in [0.1, 0.15) is 6.54 Å². The Hall–Kier alpha value is -2.41. The third kappa shape index (κ3) is 3.56. The minimum Gasteiger partial charge on any atom is -0.444 e. The number of hydrogen-bond donors (Lipinski definition) is 0. The molecule has 124 valence electrons. The number of halogens is 1. The van der Waals surface area contributed by atoms with Crippen LogP contribution >= 0.6 is 15.9 Å². The van der Waals surface area contributed by atoms with Crippen molar-refractivity contribution < 1.29 is 13.7 Å². The summed E-state index contributed by atoms with van der Waals surface area (Å²) in [5.74, 6) is 0.936. The SMILES string of the molecule is CCN(Cc1nc(-c2cccc(C)c2)no1)C(=O)c1ccc(Br)o1. The van der Waals surface area contributed by atoms with Crippen molar-refractivity contribution in [3.05, 3.63) is 58.3 Å². The summed E-state index contributed by atoms with van der Waals surface area (Å²) in [6.45, 7) is 4.61. The van der Waals surface area contributed by atoms with E-state index >= 15 is 0 Å². The zero-order valence-electron chi connectivity index (χ0n) is 13.3. The van der Waals surface area contributed by atoms with E-state index < -0.39 is 0 Å². The van der Waals surface area contributed by atoms with Gasteiger partial charge in [0.05, 0.1) is 0 Å². The van der Waals surface area contributed by atoms with Gasteiger partial charge in [-0.3, -0.25) is 4.79 Å². The number of amides is 1. The molecular formula is C17H16BrN3O3. The second kappa shape index (κ2) is 7.00. The number of rotatable bonds is 5. The van der Waals surface area contributed by atoms with Gasteiger partial charge in [0.2, 0.25) is 11.7 Å². The molecule has 0 aliphatic carbocycles. The molecule has 7 heteroatoms. The molecule has 0 saturated heterocycles. The van der Waals surface area contributed by atoms with Crippen LogP contribution in [0.4, 0.5) is 0 Å². The van der Waals surface area contributed by atoms with Gasteiger partial charge in [-0.25, -0.2) is 0 Å². The molecule has 1 amide bonds. The maximum Gasteiger partial charge on any atom is 0.290 e. The molecule has 0 fully saturated rings. The first-order valence-electron chi connectivity index (χ1n) is 7.51. The zero-order valence-corrected chi connectivity index (χ0v) is 14.9. The number of benzene rings is 1. The Labute approximate surface area is 147 Å². The van der Waals surface area contributed by atoms with E-state index in [1.165, 1.54) is 0 Å². The molecule has 1 aromatic carbocycles. The van der Waals surface area contributed by atoms with Crippen LogP contribution in [0.25, 0.3) is 11.4 Å². The maximum absolute atomic E-state index is 12.4. The molecule has 3 aromatic rings. The third-order valence-electron chi connectivity index (χ3n) is 3.52. The van der Waals surface area contributed by atoms with Crippen LogP contribution in [0.1, 0.15) is 28.9 Å². The van der Waals surface area contributed by atoms with Gasteiger partial charge in [0.25, 0.3) is 5.91 Å². The second-order valence-corrected chi connectivity index (χ2v) is 6.09. The predicted octanol–water partition coefficient (Wildman–Crippen LogP) is 4.06. The fraction of sp³-hybridized carbons (Fsp3) is 0.235. The van der Waals surface area contributed by atoms with Crippen LogP contribution in [0.2, 0.25) is 0 Å². The molecule has 3 rings (SSSR count). The lowest BCUT2D eigenvalue weighted by molar-refractivity contribution is 0.0701. The highest BCUT2D eigenvalue weighted by molar-refractivity contribution is 9.10. The van der Waals surface area contributed by atoms with Gasteiger partial charge in [0, 0.05) is 12.1 Å². The van der Waals surface area contributed by atoms with E-state index in [1.807, 2.05) is 38.1 Å². The van der Waals surface area contributed by atoms with Gasteiger partial charge in [-0.15, -0.1) is 0 Å². The largest absolute Gasteiger partial charge is 0.444 e. The van der Waals surface area contributed by atoms with Crippen molar-refractivity contribution in [1.29, 1.82) is 0 Å².